The van der Waals surface area contributed by atoms with Crippen LogP contribution in [0.25, 0.3) is 21.5 Å². The van der Waals surface area contributed by atoms with Crippen LogP contribution in [0.1, 0.15) is 11.5 Å². The number of nitrogens with zero attached hydrogens (tertiary/aromatic N) is 4. The average Bonchev–Trinajstić information content (AvgIpc) is 3.25. The normalized spacial score (nSPS) is 11.0. The van der Waals surface area contributed by atoms with E-state index in [0.717, 1.165) is 51.8 Å². The maximum Gasteiger partial charge on any atom is 0.130 e. The molecule has 4 rings (SSSR count). The summed E-state index contributed by atoms with van der Waals surface area (Å²) in [5, 5.41) is 3.35. The van der Waals surface area contributed by atoms with Gasteiger partial charge < -0.3 is 10.3 Å². The summed E-state index contributed by atoms with van der Waals surface area (Å²) in [6.07, 6.45) is 4.44. The SMILES string of the molecule is Cc1nc(NCCc2c[nH]cn2)cc(-c2ccc3ncsc3c2)n1. The van der Waals surface area contributed by atoms with Crippen molar-refractivity contribution >= 4 is 27.4 Å². The van der Waals surface area contributed by atoms with Crippen molar-refractivity contribution in [1.29, 1.82) is 0 Å². The molecule has 6 nitrogen and oxygen atoms in total. The molecule has 0 saturated carbocycles. The molecule has 3 aromatic heterocycles. The van der Waals surface area contributed by atoms with Crippen LogP contribution >= 0.6 is 11.3 Å². The third-order valence-electron chi connectivity index (χ3n) is 3.71. The van der Waals surface area contributed by atoms with Crippen LogP contribution in [-0.4, -0.2) is 31.5 Å². The Balaban J connectivity index is 1.56. The number of H-pyrrole nitrogens is 1. The molecular formula is C17H16N6S. The van der Waals surface area contributed by atoms with Gasteiger partial charge in [-0.15, -0.1) is 11.3 Å². The number of rotatable bonds is 5. The Hall–Kier alpha value is -2.80. The predicted molar refractivity (Wildman–Crippen MR) is 96.2 cm³/mol. The van der Waals surface area contributed by atoms with Gasteiger partial charge in [-0.3, -0.25) is 0 Å². The van der Waals surface area contributed by atoms with Crippen LogP contribution in [-0.2, 0) is 6.42 Å². The lowest BCUT2D eigenvalue weighted by atomic mass is 10.1. The molecule has 120 valence electrons. The van der Waals surface area contributed by atoms with Crippen molar-refractivity contribution in [3.63, 3.8) is 0 Å². The van der Waals surface area contributed by atoms with Gasteiger partial charge in [0.15, 0.2) is 0 Å². The minimum atomic E-state index is 0.749. The molecule has 0 aliphatic heterocycles. The van der Waals surface area contributed by atoms with Crippen LogP contribution in [0, 0.1) is 6.92 Å². The lowest BCUT2D eigenvalue weighted by Crippen LogP contribution is -2.08. The van der Waals surface area contributed by atoms with Crippen molar-refractivity contribution < 1.29 is 0 Å². The van der Waals surface area contributed by atoms with Gasteiger partial charge in [-0.1, -0.05) is 6.07 Å². The molecule has 4 aromatic rings. The summed E-state index contributed by atoms with van der Waals surface area (Å²) in [6.45, 7) is 2.68. The number of aromatic nitrogens is 5. The maximum absolute atomic E-state index is 4.57. The Labute approximate surface area is 143 Å². The molecule has 1 aromatic carbocycles. The Morgan fingerprint density at radius 1 is 1.17 bits per heavy atom. The quantitative estimate of drug-likeness (QED) is 0.583. The number of nitrogens with one attached hydrogen (secondary N) is 2. The molecule has 0 radical (unpaired) electrons. The minimum Gasteiger partial charge on any atom is -0.370 e. The zero-order valence-electron chi connectivity index (χ0n) is 13.2. The number of aryl methyl sites for hydroxylation is 1. The molecule has 0 aliphatic carbocycles. The molecule has 0 aliphatic rings. The second-order valence-electron chi connectivity index (χ2n) is 5.46. The highest BCUT2D eigenvalue weighted by molar-refractivity contribution is 7.16. The smallest absolute Gasteiger partial charge is 0.130 e. The van der Waals surface area contributed by atoms with Gasteiger partial charge in [0, 0.05) is 30.8 Å². The Kier molecular flexibility index (Phi) is 3.92. The first-order valence-corrected chi connectivity index (χ1v) is 8.57. The molecule has 0 fully saturated rings. The summed E-state index contributed by atoms with van der Waals surface area (Å²) in [5.74, 6) is 1.58. The van der Waals surface area contributed by atoms with Crippen molar-refractivity contribution in [2.75, 3.05) is 11.9 Å². The van der Waals surface area contributed by atoms with Crippen LogP contribution in [0.4, 0.5) is 5.82 Å². The van der Waals surface area contributed by atoms with Gasteiger partial charge in [0.1, 0.15) is 11.6 Å². The van der Waals surface area contributed by atoms with E-state index in [9.17, 15) is 0 Å². The molecule has 7 heteroatoms. The molecule has 2 N–H and O–H groups in total. The third kappa shape index (κ3) is 3.11. The Bertz CT molecular complexity index is 960. The summed E-state index contributed by atoms with van der Waals surface area (Å²) in [7, 11) is 0. The monoisotopic (exact) mass is 336 g/mol. The number of anilines is 1. The highest BCUT2D eigenvalue weighted by atomic mass is 32.1. The van der Waals surface area contributed by atoms with Crippen molar-refractivity contribution in [1.82, 2.24) is 24.9 Å². The number of fused-ring (bicyclic) bond motifs is 1. The second-order valence-corrected chi connectivity index (χ2v) is 6.34. The maximum atomic E-state index is 4.57. The van der Waals surface area contributed by atoms with Crippen molar-refractivity contribution in [2.24, 2.45) is 0 Å². The number of benzene rings is 1. The zero-order chi connectivity index (χ0) is 16.4. The summed E-state index contributed by atoms with van der Waals surface area (Å²) < 4.78 is 1.16. The summed E-state index contributed by atoms with van der Waals surface area (Å²) >= 11 is 1.64. The molecule has 3 heterocycles. The highest BCUT2D eigenvalue weighted by Crippen LogP contribution is 2.26. The zero-order valence-corrected chi connectivity index (χ0v) is 14.0. The fourth-order valence-electron chi connectivity index (χ4n) is 2.57. The molecule has 0 bridgehead atoms. The van der Waals surface area contributed by atoms with Crippen LogP contribution in [0.3, 0.4) is 0 Å². The molecule has 0 amide bonds. The molecule has 0 atom stereocenters. The van der Waals surface area contributed by atoms with E-state index in [1.165, 1.54) is 0 Å². The Morgan fingerprint density at radius 2 is 2.12 bits per heavy atom. The molecular weight excluding hydrogens is 320 g/mol. The Morgan fingerprint density at radius 3 is 3.00 bits per heavy atom. The standard InChI is InChI=1S/C17H16N6S/c1-11-22-15(12-2-3-14-16(6-12)24-10-21-14)7-17(23-11)19-5-4-13-8-18-9-20-13/h2-3,6-10H,4-5H2,1H3,(H,18,20)(H,19,22,23). The van der Waals surface area contributed by atoms with Crippen LogP contribution < -0.4 is 5.32 Å². The third-order valence-corrected chi connectivity index (χ3v) is 4.50. The van der Waals surface area contributed by atoms with Crippen molar-refractivity contribution in [3.05, 3.63) is 53.8 Å². The first kappa shape index (κ1) is 14.8. The second kappa shape index (κ2) is 6.37. The molecule has 0 unspecified atom stereocenters. The van der Waals surface area contributed by atoms with E-state index in [1.807, 2.05) is 30.8 Å². The lowest BCUT2D eigenvalue weighted by Gasteiger charge is -2.08. The number of imidazole rings is 1. The summed E-state index contributed by atoms with van der Waals surface area (Å²) in [5.41, 5.74) is 5.91. The van der Waals surface area contributed by atoms with E-state index in [2.05, 4.69) is 42.4 Å². The average molecular weight is 336 g/mol. The highest BCUT2D eigenvalue weighted by Gasteiger charge is 2.07. The van der Waals surface area contributed by atoms with Gasteiger partial charge in [-0.05, 0) is 19.1 Å². The molecule has 0 saturated heterocycles. The van der Waals surface area contributed by atoms with Crippen LogP contribution in [0.15, 0.2) is 42.3 Å². The van der Waals surface area contributed by atoms with E-state index in [1.54, 1.807) is 17.7 Å². The van der Waals surface area contributed by atoms with Crippen molar-refractivity contribution in [2.45, 2.75) is 13.3 Å². The van der Waals surface area contributed by atoms with E-state index in [4.69, 9.17) is 0 Å². The van der Waals surface area contributed by atoms with Crippen LogP contribution in [0.5, 0.6) is 0 Å². The lowest BCUT2D eigenvalue weighted by molar-refractivity contribution is 0.955. The van der Waals surface area contributed by atoms with E-state index in [0.29, 0.717) is 0 Å². The van der Waals surface area contributed by atoms with Crippen LogP contribution in [0.2, 0.25) is 0 Å². The first-order valence-electron chi connectivity index (χ1n) is 7.69. The topological polar surface area (TPSA) is 79.4 Å². The minimum absolute atomic E-state index is 0.749. The van der Waals surface area contributed by atoms with Gasteiger partial charge >= 0.3 is 0 Å². The van der Waals surface area contributed by atoms with Gasteiger partial charge in [0.2, 0.25) is 0 Å². The molecule has 0 spiro atoms. The number of hydrogen-bond acceptors (Lipinski definition) is 6. The largest absolute Gasteiger partial charge is 0.370 e. The van der Waals surface area contributed by atoms with Gasteiger partial charge in [-0.25, -0.2) is 19.9 Å². The molecule has 24 heavy (non-hydrogen) atoms. The van der Waals surface area contributed by atoms with Crippen molar-refractivity contribution in [3.8, 4) is 11.3 Å². The van der Waals surface area contributed by atoms with Gasteiger partial charge in [-0.2, -0.15) is 0 Å². The number of hydrogen-bond donors (Lipinski definition) is 2. The first-order chi connectivity index (χ1) is 11.8. The number of thiazole rings is 1. The van der Waals surface area contributed by atoms with E-state index < -0.39 is 0 Å². The van der Waals surface area contributed by atoms with Gasteiger partial charge in [0.25, 0.3) is 0 Å². The predicted octanol–water partition coefficient (Wildman–Crippen LogP) is 3.44. The number of aromatic amines is 1. The van der Waals surface area contributed by atoms with E-state index in [-0.39, 0.29) is 0 Å². The summed E-state index contributed by atoms with van der Waals surface area (Å²) in [6, 6.07) is 8.20. The van der Waals surface area contributed by atoms with Gasteiger partial charge in [0.05, 0.1) is 33.4 Å². The van der Waals surface area contributed by atoms with E-state index >= 15 is 0 Å². The summed E-state index contributed by atoms with van der Waals surface area (Å²) in [4.78, 5) is 20.5. The fraction of sp³-hybridized carbons (Fsp3) is 0.176. The fourth-order valence-corrected chi connectivity index (χ4v) is 3.28.